The maximum Gasteiger partial charge on any atom is 0.150 e. The van der Waals surface area contributed by atoms with E-state index in [-0.39, 0.29) is 0 Å². The van der Waals surface area contributed by atoms with E-state index >= 15 is 0 Å². The molecule has 1 unspecified atom stereocenters. The van der Waals surface area contributed by atoms with Gasteiger partial charge in [0.05, 0.1) is 11.5 Å². The molecule has 1 heterocycles. The van der Waals surface area contributed by atoms with Crippen molar-refractivity contribution in [2.75, 3.05) is 11.5 Å². The number of rotatable bonds is 7. The maximum absolute atomic E-state index is 11.2. The van der Waals surface area contributed by atoms with E-state index in [0.717, 1.165) is 12.8 Å². The molecule has 2 nitrogen and oxygen atoms in total. The number of unbranched alkanes of at least 4 members (excludes halogenated alkanes) is 5. The van der Waals surface area contributed by atoms with Crippen molar-refractivity contribution in [1.29, 1.82) is 0 Å². The first-order valence-electron chi connectivity index (χ1n) is 6.34. The lowest BCUT2D eigenvalue weighted by molar-refractivity contribution is 0.490. The highest BCUT2D eigenvalue weighted by molar-refractivity contribution is 7.91. The fourth-order valence-corrected chi connectivity index (χ4v) is 4.22. The molecule has 0 aliphatic carbocycles. The molecule has 3 heteroatoms. The number of hydrogen-bond acceptors (Lipinski definition) is 2. The highest BCUT2D eigenvalue weighted by atomic mass is 32.2. The van der Waals surface area contributed by atoms with Crippen LogP contribution in [0.4, 0.5) is 0 Å². The van der Waals surface area contributed by atoms with Crippen LogP contribution in [0.3, 0.4) is 0 Å². The Bertz CT molecular complexity index is 257. The number of hydrogen-bond donors (Lipinski definition) is 0. The van der Waals surface area contributed by atoms with Gasteiger partial charge in [0.25, 0.3) is 0 Å². The van der Waals surface area contributed by atoms with E-state index < -0.39 is 9.84 Å². The average molecular weight is 232 g/mol. The Morgan fingerprint density at radius 2 is 1.73 bits per heavy atom. The normalized spacial score (nSPS) is 24.5. The zero-order valence-corrected chi connectivity index (χ0v) is 10.7. The van der Waals surface area contributed by atoms with Crippen LogP contribution in [0.5, 0.6) is 0 Å². The lowest BCUT2D eigenvalue weighted by atomic mass is 10.00. The lowest BCUT2D eigenvalue weighted by Gasteiger charge is -2.06. The summed E-state index contributed by atoms with van der Waals surface area (Å²) in [5, 5.41) is 0. The summed E-state index contributed by atoms with van der Waals surface area (Å²) in [5.41, 5.74) is 0. The second kappa shape index (κ2) is 6.51. The van der Waals surface area contributed by atoms with Gasteiger partial charge in [0.1, 0.15) is 0 Å². The zero-order chi connectivity index (χ0) is 11.1. The highest BCUT2D eigenvalue weighted by Crippen LogP contribution is 2.24. The van der Waals surface area contributed by atoms with Crippen LogP contribution in [0.2, 0.25) is 0 Å². The number of sulfone groups is 1. The van der Waals surface area contributed by atoms with E-state index in [9.17, 15) is 8.42 Å². The summed E-state index contributed by atoms with van der Waals surface area (Å²) in [4.78, 5) is 0. The molecule has 90 valence electrons. The summed E-state index contributed by atoms with van der Waals surface area (Å²) >= 11 is 0. The summed E-state index contributed by atoms with van der Waals surface area (Å²) in [6.45, 7) is 2.23. The van der Waals surface area contributed by atoms with E-state index in [1.165, 1.54) is 38.5 Å². The van der Waals surface area contributed by atoms with Crippen LogP contribution < -0.4 is 0 Å². The first-order chi connectivity index (χ1) is 7.14. The van der Waals surface area contributed by atoms with Crippen molar-refractivity contribution >= 4 is 9.84 Å². The van der Waals surface area contributed by atoms with Crippen LogP contribution >= 0.6 is 0 Å². The van der Waals surface area contributed by atoms with E-state index in [1.54, 1.807) is 0 Å². The van der Waals surface area contributed by atoms with Gasteiger partial charge in [-0.05, 0) is 18.8 Å². The van der Waals surface area contributed by atoms with Crippen molar-refractivity contribution in [3.63, 3.8) is 0 Å². The summed E-state index contributed by atoms with van der Waals surface area (Å²) in [7, 11) is -2.65. The quantitative estimate of drug-likeness (QED) is 0.632. The molecular weight excluding hydrogens is 208 g/mol. The first kappa shape index (κ1) is 13.0. The van der Waals surface area contributed by atoms with Crippen molar-refractivity contribution in [2.24, 2.45) is 5.92 Å². The van der Waals surface area contributed by atoms with Crippen LogP contribution in [0.15, 0.2) is 0 Å². The molecule has 15 heavy (non-hydrogen) atoms. The standard InChI is InChI=1S/C12H24O2S/c1-2-3-4-5-6-7-8-12-9-10-15(13,14)11-12/h12H,2-11H2,1H3. The third-order valence-electron chi connectivity index (χ3n) is 3.29. The predicted octanol–water partition coefficient (Wildman–Crippen LogP) is 3.17. The van der Waals surface area contributed by atoms with Crippen LogP contribution in [0, 0.1) is 5.92 Å². The fraction of sp³-hybridized carbons (Fsp3) is 1.00. The van der Waals surface area contributed by atoms with Gasteiger partial charge in [0.2, 0.25) is 0 Å². The Morgan fingerprint density at radius 3 is 2.33 bits per heavy atom. The Labute approximate surface area is 94.4 Å². The highest BCUT2D eigenvalue weighted by Gasteiger charge is 2.26. The van der Waals surface area contributed by atoms with E-state index in [4.69, 9.17) is 0 Å². The van der Waals surface area contributed by atoms with Gasteiger partial charge in [-0.1, -0.05) is 45.4 Å². The second-order valence-electron chi connectivity index (χ2n) is 4.83. The molecule has 0 aromatic heterocycles. The van der Waals surface area contributed by atoms with Gasteiger partial charge in [-0.3, -0.25) is 0 Å². The molecule has 0 radical (unpaired) electrons. The van der Waals surface area contributed by atoms with Gasteiger partial charge < -0.3 is 0 Å². The van der Waals surface area contributed by atoms with Crippen molar-refractivity contribution in [3.8, 4) is 0 Å². The lowest BCUT2D eigenvalue weighted by Crippen LogP contribution is -2.04. The molecule has 1 aliphatic rings. The Kier molecular flexibility index (Phi) is 5.65. The molecule has 0 spiro atoms. The Balaban J connectivity index is 1.97. The minimum Gasteiger partial charge on any atom is -0.229 e. The monoisotopic (exact) mass is 232 g/mol. The second-order valence-corrected chi connectivity index (χ2v) is 7.05. The summed E-state index contributed by atoms with van der Waals surface area (Å²) < 4.78 is 22.4. The molecular formula is C12H24O2S. The molecule has 0 N–H and O–H groups in total. The summed E-state index contributed by atoms with van der Waals surface area (Å²) in [5.74, 6) is 1.37. The molecule has 1 fully saturated rings. The minimum atomic E-state index is -2.65. The molecule has 1 atom stereocenters. The van der Waals surface area contributed by atoms with Gasteiger partial charge in [0.15, 0.2) is 9.84 Å². The SMILES string of the molecule is CCCCCCCCC1CCS(=O)(=O)C1. The predicted molar refractivity (Wildman–Crippen MR) is 64.8 cm³/mol. The average Bonchev–Trinajstić information content (AvgIpc) is 2.52. The molecule has 0 amide bonds. The van der Waals surface area contributed by atoms with Crippen molar-refractivity contribution < 1.29 is 8.42 Å². The van der Waals surface area contributed by atoms with Gasteiger partial charge in [-0.25, -0.2) is 8.42 Å². The van der Waals surface area contributed by atoms with E-state index in [2.05, 4.69) is 6.92 Å². The van der Waals surface area contributed by atoms with Crippen LogP contribution in [0.1, 0.15) is 58.3 Å². The summed E-state index contributed by atoms with van der Waals surface area (Å²) in [6, 6.07) is 0. The Hall–Kier alpha value is -0.0500. The molecule has 1 saturated heterocycles. The molecule has 0 aromatic carbocycles. The third kappa shape index (κ3) is 5.55. The first-order valence-corrected chi connectivity index (χ1v) is 8.16. The van der Waals surface area contributed by atoms with Crippen LogP contribution in [0.25, 0.3) is 0 Å². The zero-order valence-electron chi connectivity index (χ0n) is 9.87. The molecule has 1 aliphatic heterocycles. The van der Waals surface area contributed by atoms with Crippen LogP contribution in [-0.2, 0) is 9.84 Å². The third-order valence-corrected chi connectivity index (χ3v) is 5.13. The Morgan fingerprint density at radius 1 is 1.07 bits per heavy atom. The van der Waals surface area contributed by atoms with E-state index in [0.29, 0.717) is 17.4 Å². The largest absolute Gasteiger partial charge is 0.229 e. The topological polar surface area (TPSA) is 34.1 Å². The molecule has 0 bridgehead atoms. The van der Waals surface area contributed by atoms with Gasteiger partial charge in [-0.2, -0.15) is 0 Å². The summed E-state index contributed by atoms with van der Waals surface area (Å²) in [6.07, 6.45) is 9.87. The van der Waals surface area contributed by atoms with Gasteiger partial charge in [0, 0.05) is 0 Å². The molecule has 1 rings (SSSR count). The minimum absolute atomic E-state index is 0.438. The van der Waals surface area contributed by atoms with Crippen molar-refractivity contribution in [2.45, 2.75) is 58.3 Å². The van der Waals surface area contributed by atoms with Gasteiger partial charge in [-0.15, -0.1) is 0 Å². The smallest absolute Gasteiger partial charge is 0.150 e. The van der Waals surface area contributed by atoms with Gasteiger partial charge >= 0.3 is 0 Å². The fourth-order valence-electron chi connectivity index (χ4n) is 2.31. The van der Waals surface area contributed by atoms with Crippen LogP contribution in [-0.4, -0.2) is 19.9 Å². The van der Waals surface area contributed by atoms with E-state index in [1.807, 2.05) is 0 Å². The molecule has 0 saturated carbocycles. The van der Waals surface area contributed by atoms with Crippen molar-refractivity contribution in [1.82, 2.24) is 0 Å². The molecule has 0 aromatic rings. The maximum atomic E-state index is 11.2. The van der Waals surface area contributed by atoms with Crippen molar-refractivity contribution in [3.05, 3.63) is 0 Å².